The molecule has 148 valence electrons. The van der Waals surface area contributed by atoms with E-state index in [1.165, 1.54) is 34.6 Å². The summed E-state index contributed by atoms with van der Waals surface area (Å²) in [5.41, 5.74) is 4.88. The van der Waals surface area contributed by atoms with E-state index in [4.69, 9.17) is 0 Å². The van der Waals surface area contributed by atoms with E-state index in [0.717, 1.165) is 0 Å². The third-order valence-corrected chi connectivity index (χ3v) is 6.45. The lowest BCUT2D eigenvalue weighted by molar-refractivity contribution is -0.384. The molecule has 1 aliphatic rings. The van der Waals surface area contributed by atoms with Crippen LogP contribution in [0.25, 0.3) is 0 Å². The first kappa shape index (κ1) is 19.8. The predicted molar refractivity (Wildman–Crippen MR) is 103 cm³/mol. The number of nitro groups is 1. The lowest BCUT2D eigenvalue weighted by Crippen LogP contribution is -2.52. The Morgan fingerprint density at radius 3 is 2.46 bits per heavy atom. The van der Waals surface area contributed by atoms with Gasteiger partial charge in [-0.15, -0.1) is 0 Å². The van der Waals surface area contributed by atoms with Crippen molar-refractivity contribution in [2.24, 2.45) is 0 Å². The minimum atomic E-state index is -3.82. The van der Waals surface area contributed by atoms with Crippen LogP contribution in [0.2, 0.25) is 0 Å². The summed E-state index contributed by atoms with van der Waals surface area (Å²) in [6.07, 6.45) is 1.74. The Morgan fingerprint density at radius 1 is 1.07 bits per heavy atom. The van der Waals surface area contributed by atoms with E-state index < -0.39 is 26.9 Å². The Balaban J connectivity index is 1.77. The maximum Gasteiger partial charge on any atom is 0.294 e. The molecule has 2 aromatic rings. The van der Waals surface area contributed by atoms with Crippen LogP contribution in [0.3, 0.4) is 0 Å². The monoisotopic (exact) mass is 404 g/mol. The van der Waals surface area contributed by atoms with Crippen molar-refractivity contribution >= 4 is 27.3 Å². The number of rotatable bonds is 6. The van der Waals surface area contributed by atoms with Gasteiger partial charge >= 0.3 is 0 Å². The van der Waals surface area contributed by atoms with Crippen molar-refractivity contribution < 1.29 is 18.1 Å². The van der Waals surface area contributed by atoms with Gasteiger partial charge in [0.25, 0.3) is 11.6 Å². The SMILES string of the molecule is O=C(NNc1ccccc1[N+](=O)[O-])C1CCCCN1S(=O)(=O)c1ccccc1. The zero-order valence-corrected chi connectivity index (χ0v) is 15.8. The van der Waals surface area contributed by atoms with Crippen molar-refractivity contribution in [1.82, 2.24) is 9.73 Å². The largest absolute Gasteiger partial charge is 0.294 e. The molecule has 2 N–H and O–H groups in total. The van der Waals surface area contributed by atoms with Crippen LogP contribution in [0.4, 0.5) is 11.4 Å². The molecule has 0 radical (unpaired) electrons. The number of para-hydroxylation sites is 2. The first-order chi connectivity index (χ1) is 13.4. The molecular weight excluding hydrogens is 384 g/mol. The summed E-state index contributed by atoms with van der Waals surface area (Å²) >= 11 is 0. The van der Waals surface area contributed by atoms with Gasteiger partial charge in [0.15, 0.2) is 0 Å². The molecule has 10 heteroatoms. The Hall–Kier alpha value is -2.98. The molecule has 0 aliphatic carbocycles. The lowest BCUT2D eigenvalue weighted by Gasteiger charge is -2.33. The van der Waals surface area contributed by atoms with Crippen molar-refractivity contribution in [2.75, 3.05) is 12.0 Å². The van der Waals surface area contributed by atoms with Crippen molar-refractivity contribution in [3.63, 3.8) is 0 Å². The molecule has 1 unspecified atom stereocenters. The van der Waals surface area contributed by atoms with E-state index in [9.17, 15) is 23.3 Å². The maximum atomic E-state index is 13.0. The van der Waals surface area contributed by atoms with Gasteiger partial charge in [-0.1, -0.05) is 36.8 Å². The molecule has 0 aromatic heterocycles. The summed E-state index contributed by atoms with van der Waals surface area (Å²) in [5.74, 6) is -0.558. The maximum absolute atomic E-state index is 13.0. The van der Waals surface area contributed by atoms with Crippen molar-refractivity contribution in [2.45, 2.75) is 30.2 Å². The molecule has 0 bridgehead atoms. The average Bonchev–Trinajstić information content (AvgIpc) is 2.72. The van der Waals surface area contributed by atoms with E-state index in [0.29, 0.717) is 19.3 Å². The summed E-state index contributed by atoms with van der Waals surface area (Å²) in [4.78, 5) is 23.3. The van der Waals surface area contributed by atoms with Gasteiger partial charge in [0.05, 0.1) is 9.82 Å². The molecule has 1 fully saturated rings. The van der Waals surface area contributed by atoms with Gasteiger partial charge in [-0.2, -0.15) is 4.31 Å². The number of sulfonamides is 1. The van der Waals surface area contributed by atoms with E-state index in [-0.39, 0.29) is 22.8 Å². The van der Waals surface area contributed by atoms with Gasteiger partial charge in [0.2, 0.25) is 10.0 Å². The summed E-state index contributed by atoms with van der Waals surface area (Å²) in [6, 6.07) is 12.9. The quantitative estimate of drug-likeness (QED) is 0.563. The van der Waals surface area contributed by atoms with Crippen LogP contribution in [-0.2, 0) is 14.8 Å². The molecule has 28 heavy (non-hydrogen) atoms. The van der Waals surface area contributed by atoms with Crippen molar-refractivity contribution in [1.29, 1.82) is 0 Å². The number of benzene rings is 2. The molecule has 1 saturated heterocycles. The number of anilines is 1. The van der Waals surface area contributed by atoms with Crippen LogP contribution in [0, 0.1) is 10.1 Å². The second-order valence-electron chi connectivity index (χ2n) is 6.33. The second-order valence-corrected chi connectivity index (χ2v) is 8.22. The number of hydrogen-bond donors (Lipinski definition) is 2. The minimum Gasteiger partial charge on any atom is -0.292 e. The van der Waals surface area contributed by atoms with Crippen LogP contribution in [0.5, 0.6) is 0 Å². The van der Waals surface area contributed by atoms with Crippen LogP contribution >= 0.6 is 0 Å². The number of carbonyl (C=O) groups is 1. The fraction of sp³-hybridized carbons (Fsp3) is 0.278. The Morgan fingerprint density at radius 2 is 1.75 bits per heavy atom. The first-order valence-electron chi connectivity index (χ1n) is 8.77. The average molecular weight is 404 g/mol. The summed E-state index contributed by atoms with van der Waals surface area (Å²) in [6.45, 7) is 0.237. The van der Waals surface area contributed by atoms with Gasteiger partial charge in [0, 0.05) is 12.6 Å². The fourth-order valence-corrected chi connectivity index (χ4v) is 4.81. The van der Waals surface area contributed by atoms with Crippen molar-refractivity contribution in [3.05, 3.63) is 64.7 Å². The number of nitro benzene ring substituents is 1. The van der Waals surface area contributed by atoms with Gasteiger partial charge in [-0.05, 0) is 31.0 Å². The zero-order chi connectivity index (χ0) is 20.1. The molecule has 9 nitrogen and oxygen atoms in total. The lowest BCUT2D eigenvalue weighted by atomic mass is 10.0. The number of amides is 1. The van der Waals surface area contributed by atoms with Gasteiger partial charge in [-0.25, -0.2) is 8.42 Å². The molecule has 0 saturated carbocycles. The summed E-state index contributed by atoms with van der Waals surface area (Å²) < 4.78 is 27.1. The Labute approximate surface area is 162 Å². The Kier molecular flexibility index (Phi) is 5.90. The van der Waals surface area contributed by atoms with Crippen LogP contribution < -0.4 is 10.9 Å². The minimum absolute atomic E-state index is 0.120. The highest BCUT2D eigenvalue weighted by atomic mass is 32.2. The van der Waals surface area contributed by atoms with Crippen LogP contribution in [0.1, 0.15) is 19.3 Å². The molecule has 2 aromatic carbocycles. The van der Waals surface area contributed by atoms with E-state index in [1.54, 1.807) is 24.3 Å². The number of nitrogens with one attached hydrogen (secondary N) is 2. The zero-order valence-electron chi connectivity index (χ0n) is 14.9. The molecule has 1 amide bonds. The number of carbonyl (C=O) groups excluding carboxylic acids is 1. The van der Waals surface area contributed by atoms with E-state index in [2.05, 4.69) is 10.9 Å². The molecule has 3 rings (SSSR count). The van der Waals surface area contributed by atoms with Gasteiger partial charge in [0.1, 0.15) is 11.7 Å². The third kappa shape index (κ3) is 4.12. The molecular formula is C18H20N4O5S. The summed E-state index contributed by atoms with van der Waals surface area (Å²) in [7, 11) is -3.82. The molecule has 1 aliphatic heterocycles. The predicted octanol–water partition coefficient (Wildman–Crippen LogP) is 2.28. The van der Waals surface area contributed by atoms with Gasteiger partial charge < -0.3 is 0 Å². The number of nitrogens with zero attached hydrogens (tertiary/aromatic N) is 2. The number of hydrogen-bond acceptors (Lipinski definition) is 6. The van der Waals surface area contributed by atoms with Crippen LogP contribution in [0.15, 0.2) is 59.5 Å². The number of hydrazine groups is 1. The molecule has 1 heterocycles. The smallest absolute Gasteiger partial charge is 0.292 e. The number of piperidine rings is 1. The van der Waals surface area contributed by atoms with Gasteiger partial charge in [-0.3, -0.25) is 25.8 Å². The normalized spacial score (nSPS) is 17.6. The highest BCUT2D eigenvalue weighted by Gasteiger charge is 2.37. The van der Waals surface area contributed by atoms with Crippen LogP contribution in [-0.4, -0.2) is 36.1 Å². The molecule has 0 spiro atoms. The Bertz CT molecular complexity index is 965. The van der Waals surface area contributed by atoms with E-state index in [1.807, 2.05) is 0 Å². The summed E-state index contributed by atoms with van der Waals surface area (Å²) in [5, 5.41) is 11.1. The second kappa shape index (κ2) is 8.36. The molecule has 1 atom stereocenters. The fourth-order valence-electron chi connectivity index (χ4n) is 3.13. The topological polar surface area (TPSA) is 122 Å². The first-order valence-corrected chi connectivity index (χ1v) is 10.2. The highest BCUT2D eigenvalue weighted by Crippen LogP contribution is 2.26. The standard InChI is InChI=1S/C18H20N4O5S/c23-18(20-19-15-10-4-5-11-16(15)22(24)25)17-12-6-7-13-21(17)28(26,27)14-8-2-1-3-9-14/h1-5,8-11,17,19H,6-7,12-13H2,(H,20,23). The van der Waals surface area contributed by atoms with Crippen molar-refractivity contribution in [3.8, 4) is 0 Å². The van der Waals surface area contributed by atoms with E-state index >= 15 is 0 Å². The highest BCUT2D eigenvalue weighted by molar-refractivity contribution is 7.89. The third-order valence-electron chi connectivity index (χ3n) is 4.53.